The van der Waals surface area contributed by atoms with E-state index in [2.05, 4.69) is 9.88 Å². The van der Waals surface area contributed by atoms with E-state index in [0.717, 1.165) is 44.1 Å². The van der Waals surface area contributed by atoms with Crippen molar-refractivity contribution in [3.8, 4) is 11.1 Å². The standard InChI is InChI=1S/C19H20F2N2O2/c20-16-1-2-17(18(21)10-16)15-9-14(11-22-12-15)13-23-5-3-19(4-6-23)24-7-8-25-19/h1-2,9-12H,3-8,13H2. The quantitative estimate of drug-likeness (QED) is 0.854. The van der Waals surface area contributed by atoms with Crippen LogP contribution in [0.15, 0.2) is 36.7 Å². The summed E-state index contributed by atoms with van der Waals surface area (Å²) < 4.78 is 38.6. The average molecular weight is 346 g/mol. The second kappa shape index (κ2) is 6.78. The van der Waals surface area contributed by atoms with Gasteiger partial charge in [0, 0.05) is 62.1 Å². The van der Waals surface area contributed by atoms with Crippen LogP contribution in [0.4, 0.5) is 8.78 Å². The molecule has 1 aromatic heterocycles. The first-order chi connectivity index (χ1) is 12.1. The molecular weight excluding hydrogens is 326 g/mol. The lowest BCUT2D eigenvalue weighted by atomic mass is 10.0. The number of rotatable bonds is 3. The van der Waals surface area contributed by atoms with Gasteiger partial charge in [0.2, 0.25) is 0 Å². The second-order valence-electron chi connectivity index (χ2n) is 6.59. The minimum Gasteiger partial charge on any atom is -0.347 e. The third-order valence-corrected chi connectivity index (χ3v) is 4.87. The maximum Gasteiger partial charge on any atom is 0.170 e. The molecule has 0 unspecified atom stereocenters. The number of likely N-dealkylation sites (tertiary alicyclic amines) is 1. The van der Waals surface area contributed by atoms with Gasteiger partial charge in [-0.1, -0.05) is 0 Å². The van der Waals surface area contributed by atoms with E-state index in [1.807, 2.05) is 6.07 Å². The lowest BCUT2D eigenvalue weighted by molar-refractivity contribution is -0.185. The number of benzene rings is 1. The summed E-state index contributed by atoms with van der Waals surface area (Å²) in [6.45, 7) is 3.86. The Labute approximate surface area is 145 Å². The van der Waals surface area contributed by atoms with Crippen molar-refractivity contribution in [2.45, 2.75) is 25.2 Å². The molecule has 0 amide bonds. The summed E-state index contributed by atoms with van der Waals surface area (Å²) in [7, 11) is 0. The molecule has 2 aliphatic rings. The SMILES string of the molecule is Fc1ccc(-c2cncc(CN3CCC4(CC3)OCCO4)c2)c(F)c1. The summed E-state index contributed by atoms with van der Waals surface area (Å²) in [6, 6.07) is 5.52. The Balaban J connectivity index is 1.45. The van der Waals surface area contributed by atoms with Crippen molar-refractivity contribution in [3.63, 3.8) is 0 Å². The zero-order valence-electron chi connectivity index (χ0n) is 13.9. The molecule has 1 aromatic carbocycles. The Morgan fingerprint density at radius 2 is 1.80 bits per heavy atom. The molecule has 25 heavy (non-hydrogen) atoms. The lowest BCUT2D eigenvalue weighted by Gasteiger charge is -2.37. The molecule has 0 bridgehead atoms. The maximum absolute atomic E-state index is 14.0. The van der Waals surface area contributed by atoms with Crippen LogP contribution in [-0.2, 0) is 16.0 Å². The molecule has 1 spiro atoms. The first-order valence-corrected chi connectivity index (χ1v) is 8.53. The highest BCUT2D eigenvalue weighted by Gasteiger charge is 2.39. The van der Waals surface area contributed by atoms with Gasteiger partial charge in [0.15, 0.2) is 5.79 Å². The minimum atomic E-state index is -0.580. The van der Waals surface area contributed by atoms with Crippen molar-refractivity contribution >= 4 is 0 Å². The highest BCUT2D eigenvalue weighted by Crippen LogP contribution is 2.32. The van der Waals surface area contributed by atoms with Crippen LogP contribution < -0.4 is 0 Å². The van der Waals surface area contributed by atoms with Crippen LogP contribution in [0.2, 0.25) is 0 Å². The van der Waals surface area contributed by atoms with E-state index in [1.54, 1.807) is 12.4 Å². The van der Waals surface area contributed by atoms with Crippen LogP contribution in [0.25, 0.3) is 11.1 Å². The van der Waals surface area contributed by atoms with Crippen molar-refractivity contribution in [1.82, 2.24) is 9.88 Å². The van der Waals surface area contributed by atoms with Gasteiger partial charge in [-0.3, -0.25) is 9.88 Å². The highest BCUT2D eigenvalue weighted by atomic mass is 19.1. The summed E-state index contributed by atoms with van der Waals surface area (Å²) in [6.07, 6.45) is 5.10. The van der Waals surface area contributed by atoms with Gasteiger partial charge < -0.3 is 9.47 Å². The molecule has 132 valence electrons. The van der Waals surface area contributed by atoms with Gasteiger partial charge >= 0.3 is 0 Å². The molecule has 6 heteroatoms. The number of nitrogens with zero attached hydrogens (tertiary/aromatic N) is 2. The molecule has 2 aliphatic heterocycles. The number of aromatic nitrogens is 1. The summed E-state index contributed by atoms with van der Waals surface area (Å²) >= 11 is 0. The van der Waals surface area contributed by atoms with Crippen molar-refractivity contribution in [1.29, 1.82) is 0 Å². The molecule has 0 saturated carbocycles. The minimum absolute atomic E-state index is 0.362. The summed E-state index contributed by atoms with van der Waals surface area (Å²) in [4.78, 5) is 6.54. The van der Waals surface area contributed by atoms with E-state index in [4.69, 9.17) is 9.47 Å². The molecule has 2 fully saturated rings. The monoisotopic (exact) mass is 346 g/mol. The molecule has 0 atom stereocenters. The van der Waals surface area contributed by atoms with Gasteiger partial charge in [-0.2, -0.15) is 0 Å². The highest BCUT2D eigenvalue weighted by molar-refractivity contribution is 5.63. The van der Waals surface area contributed by atoms with Crippen LogP contribution in [0.5, 0.6) is 0 Å². The van der Waals surface area contributed by atoms with Gasteiger partial charge in [-0.15, -0.1) is 0 Å². The number of halogens is 2. The van der Waals surface area contributed by atoms with Gasteiger partial charge in [-0.25, -0.2) is 8.78 Å². The Bertz CT molecular complexity index is 753. The Hall–Kier alpha value is -1.89. The number of hydrogen-bond donors (Lipinski definition) is 0. The van der Waals surface area contributed by atoms with Crippen molar-refractivity contribution in [2.75, 3.05) is 26.3 Å². The van der Waals surface area contributed by atoms with Gasteiger partial charge in [0.05, 0.1) is 13.2 Å². The molecule has 0 radical (unpaired) electrons. The number of ether oxygens (including phenoxy) is 2. The maximum atomic E-state index is 14.0. The molecule has 0 aliphatic carbocycles. The molecule has 0 N–H and O–H groups in total. The smallest absolute Gasteiger partial charge is 0.170 e. The molecule has 3 heterocycles. The normalized spacial score (nSPS) is 20.2. The Morgan fingerprint density at radius 3 is 2.52 bits per heavy atom. The van der Waals surface area contributed by atoms with Crippen molar-refractivity contribution < 1.29 is 18.3 Å². The number of piperidine rings is 1. The predicted octanol–water partition coefficient (Wildman–Crippen LogP) is 3.37. The van der Waals surface area contributed by atoms with Crippen molar-refractivity contribution in [2.24, 2.45) is 0 Å². The Morgan fingerprint density at radius 1 is 1.04 bits per heavy atom. The summed E-state index contributed by atoms with van der Waals surface area (Å²) in [5, 5.41) is 0. The van der Waals surface area contributed by atoms with Crippen molar-refractivity contribution in [3.05, 3.63) is 53.9 Å². The largest absolute Gasteiger partial charge is 0.347 e. The molecule has 4 nitrogen and oxygen atoms in total. The van der Waals surface area contributed by atoms with Crippen LogP contribution in [0.3, 0.4) is 0 Å². The van der Waals surface area contributed by atoms with Crippen LogP contribution >= 0.6 is 0 Å². The van der Waals surface area contributed by atoms with Crippen LogP contribution in [-0.4, -0.2) is 42.0 Å². The third kappa shape index (κ3) is 3.56. The van der Waals surface area contributed by atoms with E-state index in [1.165, 1.54) is 12.1 Å². The topological polar surface area (TPSA) is 34.6 Å². The Kier molecular flexibility index (Phi) is 4.50. The zero-order chi connectivity index (χ0) is 17.3. The second-order valence-corrected chi connectivity index (χ2v) is 6.59. The van der Waals surface area contributed by atoms with E-state index < -0.39 is 11.6 Å². The fourth-order valence-corrected chi connectivity index (χ4v) is 3.54. The molecule has 2 saturated heterocycles. The van der Waals surface area contributed by atoms with Crippen LogP contribution in [0, 0.1) is 11.6 Å². The number of pyridine rings is 1. The first-order valence-electron chi connectivity index (χ1n) is 8.53. The average Bonchev–Trinajstić information content (AvgIpc) is 3.06. The lowest BCUT2D eigenvalue weighted by Crippen LogP contribution is -2.44. The molecule has 4 rings (SSSR count). The molecule has 2 aromatic rings. The predicted molar refractivity (Wildman–Crippen MR) is 88.7 cm³/mol. The fourth-order valence-electron chi connectivity index (χ4n) is 3.54. The third-order valence-electron chi connectivity index (χ3n) is 4.87. The van der Waals surface area contributed by atoms with E-state index in [-0.39, 0.29) is 5.79 Å². The van der Waals surface area contributed by atoms with E-state index in [0.29, 0.717) is 24.3 Å². The first kappa shape index (κ1) is 16.6. The zero-order valence-corrected chi connectivity index (χ0v) is 13.9. The van der Waals surface area contributed by atoms with E-state index in [9.17, 15) is 8.78 Å². The van der Waals surface area contributed by atoms with Crippen LogP contribution in [0.1, 0.15) is 18.4 Å². The fraction of sp³-hybridized carbons (Fsp3) is 0.421. The van der Waals surface area contributed by atoms with Gasteiger partial charge in [0.1, 0.15) is 11.6 Å². The molecular formula is C19H20F2N2O2. The number of hydrogen-bond acceptors (Lipinski definition) is 4. The summed E-state index contributed by atoms with van der Waals surface area (Å²) in [5.41, 5.74) is 2.03. The van der Waals surface area contributed by atoms with E-state index >= 15 is 0 Å². The summed E-state index contributed by atoms with van der Waals surface area (Å²) in [5.74, 6) is -1.54. The van der Waals surface area contributed by atoms with Gasteiger partial charge in [-0.05, 0) is 23.8 Å². The van der Waals surface area contributed by atoms with Gasteiger partial charge in [0.25, 0.3) is 0 Å².